The summed E-state index contributed by atoms with van der Waals surface area (Å²) in [5.74, 6) is 1.12. The maximum absolute atomic E-state index is 12.8. The Kier molecular flexibility index (Phi) is 5.36. The number of nitrogens with one attached hydrogen (secondary N) is 2. The molecule has 0 atom stereocenters. The van der Waals surface area contributed by atoms with E-state index in [4.69, 9.17) is 16.3 Å². The smallest absolute Gasteiger partial charge is 0.416 e. The Morgan fingerprint density at radius 1 is 1.00 bits per heavy atom. The lowest BCUT2D eigenvalue weighted by Crippen LogP contribution is -2.06. The number of aromatic nitrogens is 2. The summed E-state index contributed by atoms with van der Waals surface area (Å²) >= 11 is 6.06. The first-order chi connectivity index (χ1) is 12.8. The van der Waals surface area contributed by atoms with E-state index in [1.165, 1.54) is 18.3 Å². The molecule has 1 heterocycles. The van der Waals surface area contributed by atoms with Crippen LogP contribution in [-0.2, 0) is 6.18 Å². The molecule has 27 heavy (non-hydrogen) atoms. The van der Waals surface area contributed by atoms with Crippen LogP contribution in [0.2, 0.25) is 5.02 Å². The minimum atomic E-state index is -4.44. The van der Waals surface area contributed by atoms with Crippen molar-refractivity contribution in [1.29, 1.82) is 0 Å². The Morgan fingerprint density at radius 2 is 1.74 bits per heavy atom. The van der Waals surface area contributed by atoms with Gasteiger partial charge in [0.05, 0.1) is 18.9 Å². The molecule has 0 aliphatic carbocycles. The highest BCUT2D eigenvalue weighted by Gasteiger charge is 2.30. The predicted octanol–water partition coefficient (Wildman–Crippen LogP) is 5.64. The van der Waals surface area contributed by atoms with E-state index in [-0.39, 0.29) is 22.5 Å². The van der Waals surface area contributed by atoms with Gasteiger partial charge in [0.25, 0.3) is 0 Å². The third kappa shape index (κ3) is 4.79. The first-order valence-electron chi connectivity index (χ1n) is 7.73. The SMILES string of the molecule is COc1ccc(Nc2ncc(Cl)c(Nc3cccc(C(F)(F)F)c3)n2)cc1. The topological polar surface area (TPSA) is 59.1 Å². The van der Waals surface area contributed by atoms with Crippen LogP contribution in [0.15, 0.2) is 54.7 Å². The largest absolute Gasteiger partial charge is 0.497 e. The molecule has 1 aromatic heterocycles. The number of rotatable bonds is 5. The van der Waals surface area contributed by atoms with Crippen molar-refractivity contribution in [3.8, 4) is 5.75 Å². The van der Waals surface area contributed by atoms with Crippen LogP contribution >= 0.6 is 11.6 Å². The molecular weight excluding hydrogens is 381 g/mol. The molecule has 0 spiro atoms. The van der Waals surface area contributed by atoms with Gasteiger partial charge in [0.15, 0.2) is 5.82 Å². The van der Waals surface area contributed by atoms with Gasteiger partial charge in [-0.3, -0.25) is 0 Å². The van der Waals surface area contributed by atoms with Crippen LogP contribution in [-0.4, -0.2) is 17.1 Å². The fraction of sp³-hybridized carbons (Fsp3) is 0.111. The van der Waals surface area contributed by atoms with Crippen molar-refractivity contribution in [1.82, 2.24) is 9.97 Å². The fourth-order valence-electron chi connectivity index (χ4n) is 2.23. The summed E-state index contributed by atoms with van der Waals surface area (Å²) in [5, 5.41) is 5.95. The molecule has 5 nitrogen and oxygen atoms in total. The van der Waals surface area contributed by atoms with E-state index >= 15 is 0 Å². The van der Waals surface area contributed by atoms with Gasteiger partial charge in [-0.2, -0.15) is 18.2 Å². The molecule has 0 saturated heterocycles. The van der Waals surface area contributed by atoms with Gasteiger partial charge in [0.2, 0.25) is 5.95 Å². The van der Waals surface area contributed by atoms with Crippen molar-refractivity contribution in [3.63, 3.8) is 0 Å². The van der Waals surface area contributed by atoms with Crippen LogP contribution < -0.4 is 15.4 Å². The maximum Gasteiger partial charge on any atom is 0.416 e. The summed E-state index contributed by atoms with van der Waals surface area (Å²) in [6.07, 6.45) is -3.08. The van der Waals surface area contributed by atoms with Crippen LogP contribution in [0, 0.1) is 0 Å². The monoisotopic (exact) mass is 394 g/mol. The second kappa shape index (κ2) is 7.71. The molecule has 0 fully saturated rings. The van der Waals surface area contributed by atoms with Crippen molar-refractivity contribution in [2.45, 2.75) is 6.18 Å². The molecule has 3 rings (SSSR count). The van der Waals surface area contributed by atoms with Crippen LogP contribution in [0.1, 0.15) is 5.56 Å². The van der Waals surface area contributed by atoms with Gasteiger partial charge in [-0.15, -0.1) is 0 Å². The number of nitrogens with zero attached hydrogens (tertiary/aromatic N) is 2. The highest BCUT2D eigenvalue weighted by Crippen LogP contribution is 2.32. The summed E-state index contributed by atoms with van der Waals surface area (Å²) < 4.78 is 43.6. The zero-order valence-electron chi connectivity index (χ0n) is 14.0. The molecule has 0 aliphatic rings. The fourth-order valence-corrected chi connectivity index (χ4v) is 2.37. The van der Waals surface area contributed by atoms with Gasteiger partial charge in [0, 0.05) is 11.4 Å². The van der Waals surface area contributed by atoms with E-state index < -0.39 is 11.7 Å². The number of methoxy groups -OCH3 is 1. The number of hydrogen-bond acceptors (Lipinski definition) is 5. The average molecular weight is 395 g/mol. The Labute approximate surface area is 158 Å². The van der Waals surface area contributed by atoms with Crippen LogP contribution in [0.4, 0.5) is 36.3 Å². The molecular formula is C18H14ClF3N4O. The molecule has 0 amide bonds. The first-order valence-corrected chi connectivity index (χ1v) is 8.11. The third-order valence-corrected chi connectivity index (χ3v) is 3.82. The van der Waals surface area contributed by atoms with Gasteiger partial charge in [-0.1, -0.05) is 17.7 Å². The molecule has 0 radical (unpaired) electrons. The quantitative estimate of drug-likeness (QED) is 0.586. The van der Waals surface area contributed by atoms with Crippen molar-refractivity contribution in [2.24, 2.45) is 0 Å². The normalized spacial score (nSPS) is 11.1. The van der Waals surface area contributed by atoms with E-state index in [2.05, 4.69) is 20.6 Å². The molecule has 2 aromatic carbocycles. The van der Waals surface area contributed by atoms with Gasteiger partial charge in [0.1, 0.15) is 10.8 Å². The Morgan fingerprint density at radius 3 is 2.41 bits per heavy atom. The highest BCUT2D eigenvalue weighted by molar-refractivity contribution is 6.32. The second-order valence-electron chi connectivity index (χ2n) is 5.45. The van der Waals surface area contributed by atoms with Gasteiger partial charge < -0.3 is 15.4 Å². The number of hydrogen-bond donors (Lipinski definition) is 2. The zero-order chi connectivity index (χ0) is 19.4. The lowest BCUT2D eigenvalue weighted by molar-refractivity contribution is -0.137. The molecule has 2 N–H and O–H groups in total. The van der Waals surface area contributed by atoms with E-state index in [1.54, 1.807) is 31.4 Å². The number of alkyl halides is 3. The van der Waals surface area contributed by atoms with Crippen LogP contribution in [0.3, 0.4) is 0 Å². The van der Waals surface area contributed by atoms with Gasteiger partial charge in [-0.25, -0.2) is 4.98 Å². The molecule has 0 unspecified atom stereocenters. The van der Waals surface area contributed by atoms with E-state index in [1.807, 2.05) is 0 Å². The predicted molar refractivity (Wildman–Crippen MR) is 98.0 cm³/mol. The summed E-state index contributed by atoms with van der Waals surface area (Å²) in [5.41, 5.74) is 0.151. The maximum atomic E-state index is 12.8. The summed E-state index contributed by atoms with van der Waals surface area (Å²) in [7, 11) is 1.57. The molecule has 0 bridgehead atoms. The van der Waals surface area contributed by atoms with Gasteiger partial charge in [-0.05, 0) is 42.5 Å². The number of anilines is 4. The molecule has 0 saturated carbocycles. The summed E-state index contributed by atoms with van der Waals surface area (Å²) in [6.45, 7) is 0. The number of benzene rings is 2. The van der Waals surface area contributed by atoms with Crippen molar-refractivity contribution >= 4 is 34.7 Å². The van der Waals surface area contributed by atoms with Crippen LogP contribution in [0.5, 0.6) is 5.75 Å². The van der Waals surface area contributed by atoms with Crippen molar-refractivity contribution < 1.29 is 17.9 Å². The zero-order valence-corrected chi connectivity index (χ0v) is 14.8. The van der Waals surface area contributed by atoms with Crippen molar-refractivity contribution in [2.75, 3.05) is 17.7 Å². The minimum absolute atomic E-state index is 0.174. The Hall–Kier alpha value is -3.00. The summed E-state index contributed by atoms with van der Waals surface area (Å²) in [4.78, 5) is 8.29. The standard InChI is InChI=1S/C18H14ClF3N4O/c1-27-14-7-5-12(6-8-14)25-17-23-10-15(19)16(26-17)24-13-4-2-3-11(9-13)18(20,21)22/h2-10H,1H3,(H2,23,24,25,26). The molecule has 0 aliphatic heterocycles. The molecule has 140 valence electrons. The Bertz CT molecular complexity index is 933. The molecule has 9 heteroatoms. The lowest BCUT2D eigenvalue weighted by atomic mass is 10.2. The molecule has 3 aromatic rings. The van der Waals surface area contributed by atoms with E-state index in [0.717, 1.165) is 12.1 Å². The average Bonchev–Trinajstić information content (AvgIpc) is 2.65. The van der Waals surface area contributed by atoms with E-state index in [9.17, 15) is 13.2 Å². The first kappa shape index (κ1) is 18.8. The number of ether oxygens (including phenoxy) is 1. The summed E-state index contributed by atoms with van der Waals surface area (Å²) in [6, 6.07) is 11.8. The lowest BCUT2D eigenvalue weighted by Gasteiger charge is -2.12. The Balaban J connectivity index is 1.81. The van der Waals surface area contributed by atoms with Crippen LogP contribution in [0.25, 0.3) is 0 Å². The van der Waals surface area contributed by atoms with E-state index in [0.29, 0.717) is 11.4 Å². The third-order valence-electron chi connectivity index (χ3n) is 3.54. The number of halogens is 4. The minimum Gasteiger partial charge on any atom is -0.497 e. The highest BCUT2D eigenvalue weighted by atomic mass is 35.5. The van der Waals surface area contributed by atoms with Crippen molar-refractivity contribution in [3.05, 3.63) is 65.3 Å². The van der Waals surface area contributed by atoms with Gasteiger partial charge >= 0.3 is 6.18 Å². The second-order valence-corrected chi connectivity index (χ2v) is 5.85.